The third kappa shape index (κ3) is 3.36. The first-order valence-electron chi connectivity index (χ1n) is 6.24. The number of aromatic nitrogens is 1. The molecule has 0 fully saturated rings. The maximum atomic E-state index is 13.8. The highest BCUT2D eigenvalue weighted by atomic mass is 35.5. The zero-order valence-corrected chi connectivity index (χ0v) is 12.2. The third-order valence-electron chi connectivity index (χ3n) is 3.25. The number of nitrogens with zero attached hydrogens (tertiary/aromatic N) is 2. The Morgan fingerprint density at radius 3 is 2.67 bits per heavy atom. The quantitative estimate of drug-likeness (QED) is 0.863. The van der Waals surface area contributed by atoms with Crippen molar-refractivity contribution in [2.75, 3.05) is 7.05 Å². The van der Waals surface area contributed by atoms with E-state index < -0.39 is 23.6 Å². The van der Waals surface area contributed by atoms with Crippen molar-refractivity contribution in [2.24, 2.45) is 0 Å². The molecule has 0 radical (unpaired) electrons. The number of pyridine rings is 1. The van der Waals surface area contributed by atoms with Crippen molar-refractivity contribution < 1.29 is 13.6 Å². The first kappa shape index (κ1) is 15.4. The van der Waals surface area contributed by atoms with Crippen molar-refractivity contribution in [1.29, 1.82) is 0 Å². The highest BCUT2D eigenvalue weighted by Gasteiger charge is 2.22. The summed E-state index contributed by atoms with van der Waals surface area (Å²) in [5.74, 6) is -1.55. The standard InChI is InChI=1S/C15H13ClF2N2O/c1-9(12-8-11(17)3-4-13(12)18)20(2)15(21)14-7-10(16)5-6-19-14/h3-9H,1-2H3. The predicted octanol–water partition coefficient (Wildman–Crippen LogP) is 3.85. The molecule has 0 bridgehead atoms. The van der Waals surface area contributed by atoms with Gasteiger partial charge in [0.05, 0.1) is 6.04 Å². The molecule has 0 aliphatic heterocycles. The molecule has 6 heteroatoms. The molecule has 1 atom stereocenters. The van der Waals surface area contributed by atoms with Crippen molar-refractivity contribution >= 4 is 17.5 Å². The molecule has 1 unspecified atom stereocenters. The molecule has 0 saturated carbocycles. The fraction of sp³-hybridized carbons (Fsp3) is 0.200. The second-order valence-electron chi connectivity index (χ2n) is 4.62. The summed E-state index contributed by atoms with van der Waals surface area (Å²) in [5.41, 5.74) is 0.251. The molecule has 0 saturated heterocycles. The number of carbonyl (C=O) groups excluding carboxylic acids is 1. The van der Waals surface area contributed by atoms with E-state index in [2.05, 4.69) is 4.98 Å². The molecule has 0 aliphatic rings. The Morgan fingerprint density at radius 1 is 1.29 bits per heavy atom. The summed E-state index contributed by atoms with van der Waals surface area (Å²) < 4.78 is 27.0. The minimum Gasteiger partial charge on any atom is -0.334 e. The highest BCUT2D eigenvalue weighted by molar-refractivity contribution is 6.30. The van der Waals surface area contributed by atoms with E-state index in [1.54, 1.807) is 13.0 Å². The van der Waals surface area contributed by atoms with Gasteiger partial charge in [0.15, 0.2) is 0 Å². The van der Waals surface area contributed by atoms with E-state index in [4.69, 9.17) is 11.6 Å². The Hall–Kier alpha value is -2.01. The zero-order chi connectivity index (χ0) is 15.6. The molecule has 1 aromatic heterocycles. The number of carbonyl (C=O) groups is 1. The summed E-state index contributed by atoms with van der Waals surface area (Å²) >= 11 is 5.82. The molecule has 21 heavy (non-hydrogen) atoms. The Morgan fingerprint density at radius 2 is 2.00 bits per heavy atom. The molecule has 1 amide bonds. The van der Waals surface area contributed by atoms with Crippen LogP contribution in [-0.4, -0.2) is 22.8 Å². The largest absolute Gasteiger partial charge is 0.334 e. The SMILES string of the molecule is CC(c1cc(F)ccc1F)N(C)C(=O)c1cc(Cl)ccn1. The van der Waals surface area contributed by atoms with Gasteiger partial charge in [0.25, 0.3) is 5.91 Å². The van der Waals surface area contributed by atoms with E-state index >= 15 is 0 Å². The summed E-state index contributed by atoms with van der Waals surface area (Å²) in [5, 5.41) is 0.381. The predicted molar refractivity (Wildman–Crippen MR) is 76.1 cm³/mol. The number of hydrogen-bond donors (Lipinski definition) is 0. The Kier molecular flexibility index (Phi) is 4.53. The van der Waals surface area contributed by atoms with Crippen molar-refractivity contribution in [3.63, 3.8) is 0 Å². The van der Waals surface area contributed by atoms with Gasteiger partial charge in [-0.1, -0.05) is 11.6 Å². The van der Waals surface area contributed by atoms with Gasteiger partial charge < -0.3 is 4.90 Å². The molecule has 1 aromatic carbocycles. The fourth-order valence-corrected chi connectivity index (χ4v) is 2.08. The Bertz CT molecular complexity index is 678. The van der Waals surface area contributed by atoms with Crippen LogP contribution in [0.4, 0.5) is 8.78 Å². The second kappa shape index (κ2) is 6.18. The summed E-state index contributed by atoms with van der Waals surface area (Å²) in [7, 11) is 1.50. The van der Waals surface area contributed by atoms with Crippen LogP contribution in [0.5, 0.6) is 0 Å². The lowest BCUT2D eigenvalue weighted by molar-refractivity contribution is 0.0734. The first-order valence-corrected chi connectivity index (χ1v) is 6.61. The van der Waals surface area contributed by atoms with Crippen LogP contribution in [0.1, 0.15) is 29.0 Å². The number of rotatable bonds is 3. The van der Waals surface area contributed by atoms with E-state index in [0.717, 1.165) is 18.2 Å². The molecule has 1 heterocycles. The van der Waals surface area contributed by atoms with E-state index in [0.29, 0.717) is 5.02 Å². The minimum absolute atomic E-state index is 0.105. The van der Waals surface area contributed by atoms with Gasteiger partial charge in [-0.25, -0.2) is 8.78 Å². The molecular formula is C15H13ClF2N2O. The molecule has 0 spiro atoms. The lowest BCUT2D eigenvalue weighted by atomic mass is 10.1. The molecule has 0 N–H and O–H groups in total. The summed E-state index contributed by atoms with van der Waals surface area (Å²) in [4.78, 5) is 17.5. The lowest BCUT2D eigenvalue weighted by Crippen LogP contribution is -2.30. The number of benzene rings is 1. The van der Waals surface area contributed by atoms with Crippen LogP contribution in [-0.2, 0) is 0 Å². The van der Waals surface area contributed by atoms with Crippen molar-refractivity contribution in [3.8, 4) is 0 Å². The zero-order valence-electron chi connectivity index (χ0n) is 11.5. The summed E-state index contributed by atoms with van der Waals surface area (Å²) in [6.07, 6.45) is 1.41. The van der Waals surface area contributed by atoms with Gasteiger partial charge >= 0.3 is 0 Å². The maximum absolute atomic E-state index is 13.8. The number of amides is 1. The van der Waals surface area contributed by atoms with Gasteiger partial charge in [0, 0.05) is 23.8 Å². The smallest absolute Gasteiger partial charge is 0.272 e. The normalized spacial score (nSPS) is 12.0. The highest BCUT2D eigenvalue weighted by Crippen LogP contribution is 2.24. The van der Waals surface area contributed by atoms with Gasteiger partial charge in [-0.05, 0) is 37.3 Å². The first-order chi connectivity index (χ1) is 9.90. The Labute approximate surface area is 126 Å². The Balaban J connectivity index is 2.28. The fourth-order valence-electron chi connectivity index (χ4n) is 1.92. The van der Waals surface area contributed by atoms with Crippen molar-refractivity contribution in [1.82, 2.24) is 9.88 Å². The monoisotopic (exact) mass is 310 g/mol. The van der Waals surface area contributed by atoms with Gasteiger partial charge in [-0.2, -0.15) is 0 Å². The topological polar surface area (TPSA) is 33.2 Å². The van der Waals surface area contributed by atoms with Crippen molar-refractivity contribution in [2.45, 2.75) is 13.0 Å². The van der Waals surface area contributed by atoms with Gasteiger partial charge in [0.2, 0.25) is 0 Å². The minimum atomic E-state index is -0.644. The molecule has 110 valence electrons. The van der Waals surface area contributed by atoms with Crippen molar-refractivity contribution in [3.05, 3.63) is 64.4 Å². The van der Waals surface area contributed by atoms with E-state index in [1.807, 2.05) is 0 Å². The van der Waals surface area contributed by atoms with Gasteiger partial charge in [0.1, 0.15) is 17.3 Å². The summed E-state index contributed by atoms with van der Waals surface area (Å²) in [6.45, 7) is 1.61. The van der Waals surface area contributed by atoms with Crippen LogP contribution in [0.3, 0.4) is 0 Å². The molecule has 2 rings (SSSR count). The lowest BCUT2D eigenvalue weighted by Gasteiger charge is -2.25. The van der Waals surface area contributed by atoms with Gasteiger partial charge in [-0.3, -0.25) is 9.78 Å². The van der Waals surface area contributed by atoms with Gasteiger partial charge in [-0.15, -0.1) is 0 Å². The van der Waals surface area contributed by atoms with Crippen LogP contribution in [0, 0.1) is 11.6 Å². The average Bonchev–Trinajstić information content (AvgIpc) is 2.47. The second-order valence-corrected chi connectivity index (χ2v) is 5.05. The van der Waals surface area contributed by atoms with E-state index in [1.165, 1.54) is 24.2 Å². The molecule has 3 nitrogen and oxygen atoms in total. The number of hydrogen-bond acceptors (Lipinski definition) is 2. The van der Waals surface area contributed by atoms with Crippen LogP contribution >= 0.6 is 11.6 Å². The van der Waals surface area contributed by atoms with E-state index in [9.17, 15) is 13.6 Å². The van der Waals surface area contributed by atoms with E-state index in [-0.39, 0.29) is 11.3 Å². The molecular weight excluding hydrogens is 298 g/mol. The molecule has 0 aliphatic carbocycles. The van der Waals surface area contributed by atoms with Crippen LogP contribution in [0.2, 0.25) is 5.02 Å². The van der Waals surface area contributed by atoms with Crippen LogP contribution in [0.15, 0.2) is 36.5 Å². The average molecular weight is 311 g/mol. The molecule has 2 aromatic rings. The maximum Gasteiger partial charge on any atom is 0.272 e. The van der Waals surface area contributed by atoms with Crippen LogP contribution in [0.25, 0.3) is 0 Å². The third-order valence-corrected chi connectivity index (χ3v) is 3.49. The summed E-state index contributed by atoms with van der Waals surface area (Å²) in [6, 6.07) is 5.48. The van der Waals surface area contributed by atoms with Crippen LogP contribution < -0.4 is 0 Å². The number of halogens is 3.